The predicted octanol–water partition coefficient (Wildman–Crippen LogP) is 0.267. The van der Waals surface area contributed by atoms with E-state index in [-0.39, 0.29) is 11.1 Å². The van der Waals surface area contributed by atoms with Crippen molar-refractivity contribution in [3.63, 3.8) is 0 Å². The van der Waals surface area contributed by atoms with E-state index >= 15 is 0 Å². The Morgan fingerprint density at radius 1 is 0.909 bits per heavy atom. The number of phenols is 4. The first-order valence-corrected chi connectivity index (χ1v) is 9.14. The number of esters is 2. The lowest BCUT2D eigenvalue weighted by atomic mass is 10.1. The third-order valence-corrected chi connectivity index (χ3v) is 4.20. The van der Waals surface area contributed by atoms with Gasteiger partial charge in [-0.25, -0.2) is 9.59 Å². The van der Waals surface area contributed by atoms with E-state index in [4.69, 9.17) is 4.74 Å². The summed E-state index contributed by atoms with van der Waals surface area (Å²) in [5, 5.41) is 42.7. The van der Waals surface area contributed by atoms with E-state index in [1.807, 2.05) is 0 Å². The zero-order valence-corrected chi connectivity index (χ0v) is 17.2. The summed E-state index contributed by atoms with van der Waals surface area (Å²) >= 11 is 0. The van der Waals surface area contributed by atoms with Gasteiger partial charge in [-0.1, -0.05) is 18.7 Å². The summed E-state index contributed by atoms with van der Waals surface area (Å²) in [5.74, 6) is -6.65. The zero-order chi connectivity index (χ0) is 24.7. The number of nitrogens with one attached hydrogen (secondary N) is 2. The lowest BCUT2D eigenvalue weighted by Crippen LogP contribution is -2.45. The van der Waals surface area contributed by atoms with Crippen molar-refractivity contribution in [1.82, 2.24) is 10.6 Å². The first-order chi connectivity index (χ1) is 15.6. The fourth-order valence-corrected chi connectivity index (χ4v) is 2.48. The van der Waals surface area contributed by atoms with Gasteiger partial charge in [0.15, 0.2) is 29.0 Å². The maximum Gasteiger partial charge on any atom is 0.354 e. The molecule has 12 heteroatoms. The van der Waals surface area contributed by atoms with E-state index in [1.54, 1.807) is 0 Å². The minimum absolute atomic E-state index is 0.338. The second kappa shape index (κ2) is 10.5. The van der Waals surface area contributed by atoms with Crippen LogP contribution >= 0.6 is 0 Å². The van der Waals surface area contributed by atoms with Crippen molar-refractivity contribution in [3.05, 3.63) is 59.8 Å². The minimum Gasteiger partial charge on any atom is -0.504 e. The number of aromatic hydroxyl groups is 4. The highest BCUT2D eigenvalue weighted by Gasteiger charge is 2.27. The van der Waals surface area contributed by atoms with Gasteiger partial charge in [0.1, 0.15) is 12.3 Å². The molecule has 0 aromatic heterocycles. The van der Waals surface area contributed by atoms with Gasteiger partial charge in [-0.2, -0.15) is 0 Å². The molecule has 174 valence electrons. The van der Waals surface area contributed by atoms with Crippen LogP contribution in [-0.2, 0) is 19.1 Å². The number of methoxy groups -OCH3 is 1. The Morgan fingerprint density at radius 3 is 1.94 bits per heavy atom. The number of hydrogen-bond acceptors (Lipinski definition) is 10. The van der Waals surface area contributed by atoms with Crippen molar-refractivity contribution in [1.29, 1.82) is 0 Å². The van der Waals surface area contributed by atoms with Gasteiger partial charge < -0.3 is 40.5 Å². The second-order valence-electron chi connectivity index (χ2n) is 6.43. The molecule has 33 heavy (non-hydrogen) atoms. The second-order valence-corrected chi connectivity index (χ2v) is 6.43. The van der Waals surface area contributed by atoms with Gasteiger partial charge in [0.25, 0.3) is 11.8 Å². The average Bonchev–Trinajstić information content (AvgIpc) is 2.79. The molecule has 0 aliphatic carbocycles. The van der Waals surface area contributed by atoms with Crippen LogP contribution in [0.15, 0.2) is 48.7 Å². The molecule has 0 spiro atoms. The van der Waals surface area contributed by atoms with Gasteiger partial charge in [-0.05, 0) is 24.3 Å². The Kier molecular flexibility index (Phi) is 7.82. The highest BCUT2D eigenvalue weighted by atomic mass is 16.5. The molecule has 2 rings (SSSR count). The van der Waals surface area contributed by atoms with Gasteiger partial charge in [0.2, 0.25) is 0 Å². The molecule has 1 atom stereocenters. The van der Waals surface area contributed by atoms with E-state index in [1.165, 1.54) is 24.3 Å². The highest BCUT2D eigenvalue weighted by Crippen LogP contribution is 2.29. The summed E-state index contributed by atoms with van der Waals surface area (Å²) in [4.78, 5) is 48.6. The number of amides is 2. The fourth-order valence-electron chi connectivity index (χ4n) is 2.48. The number of rotatable bonds is 8. The Labute approximate surface area is 186 Å². The van der Waals surface area contributed by atoms with E-state index in [0.29, 0.717) is 0 Å². The van der Waals surface area contributed by atoms with Crippen LogP contribution in [0, 0.1) is 0 Å². The van der Waals surface area contributed by atoms with Crippen molar-refractivity contribution in [2.24, 2.45) is 0 Å². The van der Waals surface area contributed by atoms with E-state index in [9.17, 15) is 39.6 Å². The van der Waals surface area contributed by atoms with Crippen LogP contribution in [0.25, 0.3) is 0 Å². The molecule has 6 N–H and O–H groups in total. The smallest absolute Gasteiger partial charge is 0.354 e. The van der Waals surface area contributed by atoms with Crippen molar-refractivity contribution < 1.29 is 49.1 Å². The number of benzene rings is 2. The summed E-state index contributed by atoms with van der Waals surface area (Å²) in [5.41, 5.74) is -1.25. The van der Waals surface area contributed by atoms with Crippen LogP contribution in [0.1, 0.15) is 20.7 Å². The van der Waals surface area contributed by atoms with Crippen molar-refractivity contribution in [2.75, 3.05) is 13.7 Å². The Morgan fingerprint density at radius 2 is 1.42 bits per heavy atom. The number of para-hydroxylation sites is 2. The largest absolute Gasteiger partial charge is 0.504 e. The normalized spacial score (nSPS) is 11.1. The fraction of sp³-hybridized carbons (Fsp3) is 0.143. The molecule has 2 amide bonds. The Bertz CT molecular complexity index is 1110. The van der Waals surface area contributed by atoms with Gasteiger partial charge in [0, 0.05) is 0 Å². The number of hydrogen-bond donors (Lipinski definition) is 6. The molecule has 0 aliphatic heterocycles. The lowest BCUT2D eigenvalue weighted by Gasteiger charge is -2.17. The SMILES string of the molecule is C=C(NC(=O)c1cccc(O)c1O)C(=O)OC[C@@H](NC(=O)c1cccc(O)c1O)C(=O)OC. The third-order valence-electron chi connectivity index (χ3n) is 4.20. The molecular formula is C21H20N2O10. The molecule has 0 saturated carbocycles. The van der Waals surface area contributed by atoms with Crippen LogP contribution < -0.4 is 10.6 Å². The molecule has 2 aromatic rings. The average molecular weight is 460 g/mol. The third kappa shape index (κ3) is 5.91. The molecule has 0 saturated heterocycles. The standard InChI is InChI=1S/C21H20N2O10/c1-10(22-18(28)11-5-3-7-14(24)16(11)26)20(30)33-9-13(21(31)32-2)23-19(29)12-6-4-8-15(25)17(12)27/h3-8,13,24-27H,1,9H2,2H3,(H,22,28)(H,23,29)/t13-/m1/s1. The summed E-state index contributed by atoms with van der Waals surface area (Å²) in [6.45, 7) is 2.60. The Hall–Kier alpha value is -4.74. The van der Waals surface area contributed by atoms with Crippen LogP contribution in [0.2, 0.25) is 0 Å². The lowest BCUT2D eigenvalue weighted by molar-refractivity contribution is -0.148. The van der Waals surface area contributed by atoms with Gasteiger partial charge in [-0.3, -0.25) is 9.59 Å². The summed E-state index contributed by atoms with van der Waals surface area (Å²) < 4.78 is 9.42. The maximum absolute atomic E-state index is 12.3. The molecule has 12 nitrogen and oxygen atoms in total. The highest BCUT2D eigenvalue weighted by molar-refractivity contribution is 6.03. The predicted molar refractivity (Wildman–Crippen MR) is 110 cm³/mol. The van der Waals surface area contributed by atoms with Gasteiger partial charge in [-0.15, -0.1) is 0 Å². The number of ether oxygens (including phenoxy) is 2. The number of carbonyl (C=O) groups excluding carboxylic acids is 4. The molecule has 0 unspecified atom stereocenters. The van der Waals surface area contributed by atoms with Crippen molar-refractivity contribution in [2.45, 2.75) is 6.04 Å². The number of carbonyl (C=O) groups is 4. The summed E-state index contributed by atoms with van der Waals surface area (Å²) in [7, 11) is 1.02. The van der Waals surface area contributed by atoms with E-state index in [0.717, 1.165) is 19.2 Å². The number of phenolic OH excluding ortho intramolecular Hbond substituents is 4. The maximum atomic E-state index is 12.3. The van der Waals surface area contributed by atoms with Gasteiger partial charge >= 0.3 is 11.9 Å². The van der Waals surface area contributed by atoms with Crippen molar-refractivity contribution in [3.8, 4) is 23.0 Å². The quantitative estimate of drug-likeness (QED) is 0.181. The molecule has 0 heterocycles. The van der Waals surface area contributed by atoms with Crippen LogP contribution in [0.5, 0.6) is 23.0 Å². The van der Waals surface area contributed by atoms with Gasteiger partial charge in [0.05, 0.1) is 18.2 Å². The molecule has 0 aliphatic rings. The monoisotopic (exact) mass is 460 g/mol. The van der Waals surface area contributed by atoms with Crippen LogP contribution in [0.4, 0.5) is 0 Å². The van der Waals surface area contributed by atoms with Crippen molar-refractivity contribution >= 4 is 23.8 Å². The molecule has 0 bridgehead atoms. The zero-order valence-electron chi connectivity index (χ0n) is 17.2. The molecule has 0 fully saturated rings. The summed E-state index contributed by atoms with van der Waals surface area (Å²) in [6, 6.07) is 5.72. The van der Waals surface area contributed by atoms with Crippen LogP contribution in [0.3, 0.4) is 0 Å². The first kappa shape index (κ1) is 24.5. The molecule has 0 radical (unpaired) electrons. The van der Waals surface area contributed by atoms with E-state index in [2.05, 4.69) is 21.9 Å². The minimum atomic E-state index is -1.51. The molecule has 2 aromatic carbocycles. The Balaban J connectivity index is 2.02. The van der Waals surface area contributed by atoms with E-state index < -0.39 is 65.1 Å². The topological polar surface area (TPSA) is 192 Å². The molecular weight excluding hydrogens is 440 g/mol. The van der Waals surface area contributed by atoms with Crippen LogP contribution in [-0.4, -0.2) is 63.9 Å². The summed E-state index contributed by atoms with van der Waals surface area (Å²) in [6.07, 6.45) is 0. The first-order valence-electron chi connectivity index (χ1n) is 9.14.